The highest BCUT2D eigenvalue weighted by Gasteiger charge is 2.28. The molecule has 0 unspecified atom stereocenters. The fourth-order valence-electron chi connectivity index (χ4n) is 5.88. The molecule has 1 amide bonds. The number of nitrogens with two attached hydrogens (primary N) is 1. The highest BCUT2D eigenvalue weighted by Crippen LogP contribution is 2.38. The van der Waals surface area contributed by atoms with Gasteiger partial charge in [-0.05, 0) is 60.4 Å². The first-order chi connectivity index (χ1) is 20.1. The molecule has 1 saturated carbocycles. The number of nitrogens with one attached hydrogen (secondary N) is 2. The zero-order valence-electron chi connectivity index (χ0n) is 23.1. The van der Waals surface area contributed by atoms with Crippen LogP contribution in [0.5, 0.6) is 5.75 Å². The molecule has 0 spiro atoms. The van der Waals surface area contributed by atoms with E-state index in [1.807, 2.05) is 18.2 Å². The van der Waals surface area contributed by atoms with E-state index in [0.29, 0.717) is 25.1 Å². The Morgan fingerprint density at radius 1 is 0.927 bits per heavy atom. The van der Waals surface area contributed by atoms with Gasteiger partial charge in [0.1, 0.15) is 11.9 Å². The van der Waals surface area contributed by atoms with Crippen LogP contribution in [0.1, 0.15) is 36.0 Å². The second-order valence-corrected chi connectivity index (χ2v) is 11.2. The summed E-state index contributed by atoms with van der Waals surface area (Å²) in [5.74, 6) is 1.15. The molecule has 7 rings (SSSR count). The smallest absolute Gasteiger partial charge is 0.253 e. The third kappa shape index (κ3) is 5.41. The number of ether oxygens (including phenoxy) is 2. The summed E-state index contributed by atoms with van der Waals surface area (Å²) in [6.45, 7) is 4.83. The summed E-state index contributed by atoms with van der Waals surface area (Å²) >= 11 is 0. The summed E-state index contributed by atoms with van der Waals surface area (Å²) < 4.78 is 12.0. The van der Waals surface area contributed by atoms with Crippen molar-refractivity contribution in [2.45, 2.75) is 37.8 Å². The van der Waals surface area contributed by atoms with E-state index < -0.39 is 0 Å². The highest BCUT2D eigenvalue weighted by molar-refractivity contribution is 6.02. The third-order valence-corrected chi connectivity index (χ3v) is 8.35. The molecule has 2 saturated heterocycles. The van der Waals surface area contributed by atoms with Crippen LogP contribution in [0.25, 0.3) is 22.0 Å². The summed E-state index contributed by atoms with van der Waals surface area (Å²) in [7, 11) is 0. The first-order valence-corrected chi connectivity index (χ1v) is 14.6. The van der Waals surface area contributed by atoms with Gasteiger partial charge in [-0.15, -0.1) is 0 Å². The van der Waals surface area contributed by atoms with Crippen molar-refractivity contribution in [1.82, 2.24) is 15.5 Å². The number of H-pyrrole nitrogens is 1. The number of carbonyl (C=O) groups is 1. The van der Waals surface area contributed by atoms with Crippen LogP contribution in [-0.2, 0) is 4.74 Å². The average molecular weight is 553 g/mol. The summed E-state index contributed by atoms with van der Waals surface area (Å²) in [6, 6.07) is 21.1. The zero-order valence-corrected chi connectivity index (χ0v) is 23.1. The molecule has 9 heteroatoms. The Balaban J connectivity index is 1.22. The number of carbonyl (C=O) groups excluding carboxylic acids is 1. The van der Waals surface area contributed by atoms with Gasteiger partial charge in [-0.3, -0.25) is 9.89 Å². The minimum atomic E-state index is -0.000118. The van der Waals surface area contributed by atoms with Crippen LogP contribution in [0, 0.1) is 0 Å². The fourth-order valence-corrected chi connectivity index (χ4v) is 5.88. The molecule has 9 nitrogen and oxygen atoms in total. The van der Waals surface area contributed by atoms with Crippen molar-refractivity contribution >= 4 is 34.0 Å². The monoisotopic (exact) mass is 552 g/mol. The Kier molecular flexibility index (Phi) is 6.88. The largest absolute Gasteiger partial charge is 0.489 e. The molecular formula is C32H36N6O3. The van der Waals surface area contributed by atoms with Gasteiger partial charge in [0, 0.05) is 50.7 Å². The van der Waals surface area contributed by atoms with Crippen molar-refractivity contribution in [1.29, 1.82) is 0 Å². The lowest BCUT2D eigenvalue weighted by Gasteiger charge is -2.38. The van der Waals surface area contributed by atoms with Gasteiger partial charge < -0.3 is 30.3 Å². The van der Waals surface area contributed by atoms with Crippen LogP contribution in [0.3, 0.4) is 0 Å². The number of aromatic nitrogens is 2. The van der Waals surface area contributed by atoms with Crippen LogP contribution in [-0.4, -0.2) is 67.6 Å². The van der Waals surface area contributed by atoms with Crippen molar-refractivity contribution in [2.75, 3.05) is 54.9 Å². The topological polar surface area (TPSA) is 109 Å². The SMILES string of the molecule is Nc1n[nH]c2cc(-c3ccc(C(=O)NC4CC4)c(N4CCN(c5ccccc5)CC4)c3)cc(OC3CCOCC3)c12. The average Bonchev–Trinajstić information content (AvgIpc) is 3.76. The van der Waals surface area contributed by atoms with E-state index in [9.17, 15) is 4.79 Å². The van der Waals surface area contributed by atoms with Crippen molar-refractivity contribution in [3.05, 3.63) is 66.2 Å². The van der Waals surface area contributed by atoms with E-state index in [1.165, 1.54) is 5.69 Å². The molecule has 4 aromatic rings. The lowest BCUT2D eigenvalue weighted by atomic mass is 9.99. The molecule has 4 N–H and O–H groups in total. The number of benzene rings is 3. The second kappa shape index (κ2) is 11.0. The van der Waals surface area contributed by atoms with Gasteiger partial charge in [0.2, 0.25) is 0 Å². The van der Waals surface area contributed by atoms with Crippen LogP contribution >= 0.6 is 0 Å². The van der Waals surface area contributed by atoms with Gasteiger partial charge in [-0.2, -0.15) is 5.10 Å². The zero-order chi connectivity index (χ0) is 27.8. The Bertz CT molecular complexity index is 1540. The van der Waals surface area contributed by atoms with Crippen LogP contribution in [0.4, 0.5) is 17.2 Å². The molecule has 3 aromatic carbocycles. The quantitative estimate of drug-likeness (QED) is 0.308. The van der Waals surface area contributed by atoms with Gasteiger partial charge in [0.15, 0.2) is 5.82 Å². The van der Waals surface area contributed by atoms with Crippen LogP contribution in [0.2, 0.25) is 0 Å². The first-order valence-electron chi connectivity index (χ1n) is 14.6. The number of nitrogen functional groups attached to an aromatic ring is 1. The van der Waals surface area contributed by atoms with E-state index in [1.54, 1.807) is 0 Å². The highest BCUT2D eigenvalue weighted by atomic mass is 16.5. The number of anilines is 3. The van der Waals surface area contributed by atoms with Crippen molar-refractivity contribution < 1.29 is 14.3 Å². The van der Waals surface area contributed by atoms with Gasteiger partial charge in [0.05, 0.1) is 35.4 Å². The molecule has 41 heavy (non-hydrogen) atoms. The summed E-state index contributed by atoms with van der Waals surface area (Å²) in [5, 5.41) is 11.3. The Labute approximate surface area is 239 Å². The van der Waals surface area contributed by atoms with Crippen molar-refractivity contribution in [3.63, 3.8) is 0 Å². The summed E-state index contributed by atoms with van der Waals surface area (Å²) in [6.07, 6.45) is 3.86. The molecule has 3 aliphatic rings. The minimum Gasteiger partial charge on any atom is -0.489 e. The number of hydrogen-bond donors (Lipinski definition) is 3. The standard InChI is InChI=1S/C32H36N6O3/c33-31-30-27(35-36-31)18-22(20-29(30)41-25-10-16-40-17-11-25)21-6-9-26(32(39)34-23-7-8-23)28(19-21)38-14-12-37(13-15-38)24-4-2-1-3-5-24/h1-6,9,18-20,23,25H,7-8,10-17H2,(H,34,39)(H3,33,35,36). The van der Waals surface area contributed by atoms with E-state index in [0.717, 1.165) is 90.9 Å². The summed E-state index contributed by atoms with van der Waals surface area (Å²) in [5.41, 5.74) is 12.0. The predicted molar refractivity (Wildman–Crippen MR) is 162 cm³/mol. The van der Waals surface area contributed by atoms with Gasteiger partial charge in [0.25, 0.3) is 5.91 Å². The lowest BCUT2D eigenvalue weighted by Crippen LogP contribution is -2.47. The van der Waals surface area contributed by atoms with Gasteiger partial charge in [-0.1, -0.05) is 24.3 Å². The maximum absolute atomic E-state index is 13.3. The molecule has 0 bridgehead atoms. The Hall–Kier alpha value is -4.24. The van der Waals surface area contributed by atoms with Gasteiger partial charge >= 0.3 is 0 Å². The Morgan fingerprint density at radius 3 is 2.44 bits per heavy atom. The fraction of sp³-hybridized carbons (Fsp3) is 0.375. The van der Waals surface area contributed by atoms with E-state index >= 15 is 0 Å². The van der Waals surface area contributed by atoms with Crippen LogP contribution < -0.4 is 25.6 Å². The number of amides is 1. The number of para-hydroxylation sites is 1. The third-order valence-electron chi connectivity index (χ3n) is 8.35. The first kappa shape index (κ1) is 25.7. The van der Waals surface area contributed by atoms with E-state index in [4.69, 9.17) is 15.2 Å². The summed E-state index contributed by atoms with van der Waals surface area (Å²) in [4.78, 5) is 18.1. The maximum Gasteiger partial charge on any atom is 0.253 e. The minimum absolute atomic E-state index is 0.000118. The molecule has 212 valence electrons. The maximum atomic E-state index is 13.3. The van der Waals surface area contributed by atoms with Gasteiger partial charge in [-0.25, -0.2) is 0 Å². The molecule has 3 fully saturated rings. The Morgan fingerprint density at radius 2 is 1.68 bits per heavy atom. The molecule has 1 aliphatic carbocycles. The molecule has 2 aliphatic heterocycles. The molecular weight excluding hydrogens is 516 g/mol. The number of aromatic amines is 1. The van der Waals surface area contributed by atoms with Crippen LogP contribution in [0.15, 0.2) is 60.7 Å². The molecule has 1 aromatic heterocycles. The molecule has 0 atom stereocenters. The normalized spacial score (nSPS) is 18.0. The number of nitrogens with zero attached hydrogens (tertiary/aromatic N) is 3. The number of fused-ring (bicyclic) bond motifs is 1. The predicted octanol–water partition coefficient (Wildman–Crippen LogP) is 4.59. The van der Waals surface area contributed by atoms with Crippen molar-refractivity contribution in [2.24, 2.45) is 0 Å². The number of piperazine rings is 1. The molecule has 3 heterocycles. The second-order valence-electron chi connectivity index (χ2n) is 11.2. The lowest BCUT2D eigenvalue weighted by molar-refractivity contribution is 0.0262. The number of rotatable bonds is 7. The van der Waals surface area contributed by atoms with E-state index in [-0.39, 0.29) is 12.0 Å². The number of hydrogen-bond acceptors (Lipinski definition) is 7. The van der Waals surface area contributed by atoms with E-state index in [2.05, 4.69) is 67.8 Å². The molecule has 0 radical (unpaired) electrons. The van der Waals surface area contributed by atoms with Crippen molar-refractivity contribution in [3.8, 4) is 16.9 Å².